The molecule has 1 saturated carbocycles. The van der Waals surface area contributed by atoms with E-state index in [9.17, 15) is 4.79 Å². The summed E-state index contributed by atoms with van der Waals surface area (Å²) in [5.41, 5.74) is -0.505. The van der Waals surface area contributed by atoms with Gasteiger partial charge in [0.25, 0.3) is 5.56 Å². The lowest BCUT2D eigenvalue weighted by molar-refractivity contribution is 0.533. The molecule has 1 heterocycles. The molecule has 1 aliphatic carbocycles. The summed E-state index contributed by atoms with van der Waals surface area (Å²) in [6.45, 7) is 4.28. The van der Waals surface area contributed by atoms with E-state index >= 15 is 0 Å². The highest BCUT2D eigenvalue weighted by atomic mass is 35.5. The maximum atomic E-state index is 12.2. The Labute approximate surface area is 111 Å². The second-order valence-corrected chi connectivity index (χ2v) is 5.60. The summed E-state index contributed by atoms with van der Waals surface area (Å²) in [6.07, 6.45) is 9.21. The van der Waals surface area contributed by atoms with Crippen LogP contribution in [0, 0.1) is 18.3 Å². The minimum atomic E-state index is -0.623. The number of hydrogen-bond acceptors (Lipinski definition) is 3. The van der Waals surface area contributed by atoms with E-state index in [2.05, 4.69) is 16.3 Å². The van der Waals surface area contributed by atoms with E-state index in [0.29, 0.717) is 23.2 Å². The van der Waals surface area contributed by atoms with Crippen molar-refractivity contribution in [2.75, 3.05) is 5.32 Å². The summed E-state index contributed by atoms with van der Waals surface area (Å²) in [4.78, 5) is 12.2. The first-order valence-corrected chi connectivity index (χ1v) is 6.32. The van der Waals surface area contributed by atoms with Crippen molar-refractivity contribution in [3.05, 3.63) is 21.6 Å². The Morgan fingerprint density at radius 3 is 2.89 bits per heavy atom. The standard InChI is InChI=1S/C13H16ClN3O/c1-4-13(2,3)16-11-10(14)7-15-17(12(11)18)8-9-5-6-9/h1,7,9,16H,5-6,8H2,2-3H3. The predicted octanol–water partition coefficient (Wildman–Crippen LogP) is 2.13. The van der Waals surface area contributed by atoms with Crippen LogP contribution in [0.1, 0.15) is 26.7 Å². The molecule has 2 rings (SSSR count). The van der Waals surface area contributed by atoms with Crippen molar-refractivity contribution in [2.45, 2.75) is 38.8 Å². The molecule has 0 amide bonds. The van der Waals surface area contributed by atoms with Gasteiger partial charge in [-0.25, -0.2) is 4.68 Å². The molecule has 1 N–H and O–H groups in total. The van der Waals surface area contributed by atoms with Crippen LogP contribution < -0.4 is 10.9 Å². The van der Waals surface area contributed by atoms with Gasteiger partial charge in [0.15, 0.2) is 0 Å². The third kappa shape index (κ3) is 2.85. The zero-order chi connectivity index (χ0) is 13.3. The van der Waals surface area contributed by atoms with E-state index < -0.39 is 5.54 Å². The lowest BCUT2D eigenvalue weighted by Gasteiger charge is -2.21. The first kappa shape index (κ1) is 13.0. The number of nitrogens with zero attached hydrogens (tertiary/aromatic N) is 2. The molecule has 1 aromatic rings. The number of nitrogens with one attached hydrogen (secondary N) is 1. The topological polar surface area (TPSA) is 46.9 Å². The first-order valence-electron chi connectivity index (χ1n) is 5.94. The van der Waals surface area contributed by atoms with Crippen LogP contribution in [0.2, 0.25) is 5.02 Å². The number of aromatic nitrogens is 2. The highest BCUT2D eigenvalue weighted by molar-refractivity contribution is 6.33. The van der Waals surface area contributed by atoms with Crippen LogP contribution >= 0.6 is 11.6 Å². The van der Waals surface area contributed by atoms with Crippen LogP contribution in [0.3, 0.4) is 0 Å². The average molecular weight is 266 g/mol. The Hall–Kier alpha value is -1.47. The monoisotopic (exact) mass is 265 g/mol. The van der Waals surface area contributed by atoms with E-state index in [0.717, 1.165) is 12.8 Å². The number of hydrogen-bond donors (Lipinski definition) is 1. The zero-order valence-electron chi connectivity index (χ0n) is 10.5. The molecule has 0 bridgehead atoms. The summed E-state index contributed by atoms with van der Waals surface area (Å²) in [5, 5.41) is 7.35. The van der Waals surface area contributed by atoms with Gasteiger partial charge in [0, 0.05) is 6.54 Å². The van der Waals surface area contributed by atoms with Crippen molar-refractivity contribution in [2.24, 2.45) is 5.92 Å². The van der Waals surface area contributed by atoms with E-state index in [1.165, 1.54) is 10.9 Å². The second-order valence-electron chi connectivity index (χ2n) is 5.19. The number of halogens is 1. The van der Waals surface area contributed by atoms with E-state index in [1.54, 1.807) is 0 Å². The Kier molecular flexibility index (Phi) is 3.36. The van der Waals surface area contributed by atoms with Gasteiger partial charge < -0.3 is 5.32 Å². The number of anilines is 1. The van der Waals surface area contributed by atoms with Gasteiger partial charge in [-0.05, 0) is 32.6 Å². The third-order valence-corrected chi connectivity index (χ3v) is 3.21. The molecule has 1 aromatic heterocycles. The molecule has 0 aliphatic heterocycles. The summed E-state index contributed by atoms with van der Waals surface area (Å²) in [6, 6.07) is 0. The molecular formula is C13H16ClN3O. The first-order chi connectivity index (χ1) is 8.43. The average Bonchev–Trinajstić information content (AvgIpc) is 3.12. The van der Waals surface area contributed by atoms with Gasteiger partial charge in [-0.2, -0.15) is 5.10 Å². The van der Waals surface area contributed by atoms with Crippen LogP contribution in [0.15, 0.2) is 11.0 Å². The lowest BCUT2D eigenvalue weighted by atomic mass is 10.1. The predicted molar refractivity (Wildman–Crippen MR) is 72.8 cm³/mol. The summed E-state index contributed by atoms with van der Waals surface area (Å²) < 4.78 is 1.46. The Morgan fingerprint density at radius 1 is 1.67 bits per heavy atom. The smallest absolute Gasteiger partial charge is 0.291 e. The van der Waals surface area contributed by atoms with Crippen molar-refractivity contribution < 1.29 is 0 Å². The fraction of sp³-hybridized carbons (Fsp3) is 0.538. The maximum absolute atomic E-state index is 12.2. The Morgan fingerprint density at radius 2 is 2.33 bits per heavy atom. The fourth-order valence-corrected chi connectivity index (χ4v) is 1.78. The van der Waals surface area contributed by atoms with Crippen molar-refractivity contribution in [1.29, 1.82) is 0 Å². The molecule has 18 heavy (non-hydrogen) atoms. The van der Waals surface area contributed by atoms with Crippen LogP contribution in [-0.4, -0.2) is 15.3 Å². The van der Waals surface area contributed by atoms with Gasteiger partial charge in [0.05, 0.1) is 16.8 Å². The van der Waals surface area contributed by atoms with Crippen LogP contribution in [-0.2, 0) is 6.54 Å². The van der Waals surface area contributed by atoms with Gasteiger partial charge >= 0.3 is 0 Å². The molecule has 0 spiro atoms. The zero-order valence-corrected chi connectivity index (χ0v) is 11.3. The highest BCUT2D eigenvalue weighted by Gasteiger charge is 2.24. The van der Waals surface area contributed by atoms with E-state index in [1.807, 2.05) is 13.8 Å². The molecule has 4 nitrogen and oxygen atoms in total. The number of rotatable bonds is 4. The third-order valence-electron chi connectivity index (χ3n) is 2.92. The van der Waals surface area contributed by atoms with Gasteiger partial charge in [-0.3, -0.25) is 4.79 Å². The minimum absolute atomic E-state index is 0.210. The van der Waals surface area contributed by atoms with Crippen LogP contribution in [0.4, 0.5) is 5.69 Å². The summed E-state index contributed by atoms with van der Waals surface area (Å²) >= 11 is 6.01. The molecule has 1 aliphatic rings. The van der Waals surface area contributed by atoms with Crippen molar-refractivity contribution >= 4 is 17.3 Å². The summed E-state index contributed by atoms with van der Waals surface area (Å²) in [5.74, 6) is 3.15. The molecule has 0 aromatic carbocycles. The van der Waals surface area contributed by atoms with Crippen molar-refractivity contribution in [3.8, 4) is 12.3 Å². The van der Waals surface area contributed by atoms with Crippen molar-refractivity contribution in [3.63, 3.8) is 0 Å². The van der Waals surface area contributed by atoms with Gasteiger partial charge in [0.2, 0.25) is 0 Å². The molecule has 0 radical (unpaired) electrons. The Bertz CT molecular complexity index is 552. The van der Waals surface area contributed by atoms with Crippen LogP contribution in [0.25, 0.3) is 0 Å². The largest absolute Gasteiger partial charge is 0.364 e. The quantitative estimate of drug-likeness (QED) is 0.849. The molecule has 0 atom stereocenters. The lowest BCUT2D eigenvalue weighted by Crippen LogP contribution is -2.35. The van der Waals surface area contributed by atoms with E-state index in [4.69, 9.17) is 18.0 Å². The van der Waals surface area contributed by atoms with Crippen molar-refractivity contribution in [1.82, 2.24) is 9.78 Å². The maximum Gasteiger partial charge on any atom is 0.291 e. The molecule has 0 unspecified atom stereocenters. The van der Waals surface area contributed by atoms with Gasteiger partial charge in [0.1, 0.15) is 5.69 Å². The summed E-state index contributed by atoms with van der Waals surface area (Å²) in [7, 11) is 0. The molecule has 1 fully saturated rings. The van der Waals surface area contributed by atoms with Gasteiger partial charge in [-0.15, -0.1) is 6.42 Å². The molecule has 0 saturated heterocycles. The SMILES string of the molecule is C#CC(C)(C)Nc1c(Cl)cnn(CC2CC2)c1=O. The fourth-order valence-electron chi connectivity index (χ4n) is 1.61. The molecule has 96 valence electrons. The second kappa shape index (κ2) is 4.66. The normalized spacial score (nSPS) is 15.2. The highest BCUT2D eigenvalue weighted by Crippen LogP contribution is 2.30. The van der Waals surface area contributed by atoms with Gasteiger partial charge in [-0.1, -0.05) is 17.5 Å². The molecule has 5 heteroatoms. The Balaban J connectivity index is 2.33. The van der Waals surface area contributed by atoms with Crippen LogP contribution in [0.5, 0.6) is 0 Å². The minimum Gasteiger partial charge on any atom is -0.364 e. The molecular weight excluding hydrogens is 250 g/mol. The van der Waals surface area contributed by atoms with E-state index in [-0.39, 0.29) is 5.56 Å². The number of terminal acetylenes is 1.